The first-order chi connectivity index (χ1) is 18.0. The lowest BCUT2D eigenvalue weighted by atomic mass is 9.97. The number of rotatable bonds is 8. The maximum Gasteiger partial charge on any atom is 0.332 e. The van der Waals surface area contributed by atoms with Crippen molar-refractivity contribution in [3.63, 3.8) is 0 Å². The molecule has 188 valence electrons. The van der Waals surface area contributed by atoms with Crippen LogP contribution in [0.15, 0.2) is 84.9 Å². The summed E-state index contributed by atoms with van der Waals surface area (Å²) >= 11 is 0. The van der Waals surface area contributed by atoms with E-state index in [2.05, 4.69) is 10.4 Å². The number of carboxylic acids is 1. The van der Waals surface area contributed by atoms with Crippen LogP contribution in [0.1, 0.15) is 22.5 Å². The second-order valence-corrected chi connectivity index (χ2v) is 9.01. The molecule has 0 fully saturated rings. The fraction of sp³-hybridized carbons (Fsp3) is 0.207. The molecule has 3 N–H and O–H groups in total. The Bertz CT molecular complexity index is 1400. The first-order valence-corrected chi connectivity index (χ1v) is 12.1. The van der Waals surface area contributed by atoms with Gasteiger partial charge in [-0.2, -0.15) is 5.10 Å². The van der Waals surface area contributed by atoms with E-state index in [1.807, 2.05) is 78.9 Å². The molecule has 2 unspecified atom stereocenters. The molecule has 37 heavy (non-hydrogen) atoms. The molecular weight excluding hydrogens is 470 g/mol. The topological polar surface area (TPSA) is 114 Å². The summed E-state index contributed by atoms with van der Waals surface area (Å²) in [5.41, 5.74) is 4.90. The fourth-order valence-electron chi connectivity index (χ4n) is 4.53. The maximum absolute atomic E-state index is 13.2. The van der Waals surface area contributed by atoms with Gasteiger partial charge in [0.2, 0.25) is 0 Å². The number of aliphatic hydroxyl groups is 1. The lowest BCUT2D eigenvalue weighted by molar-refractivity contribution is -0.147. The number of nitrogens with one attached hydrogen (secondary N) is 1. The zero-order valence-electron chi connectivity index (χ0n) is 20.1. The number of carboxylic acid groups (broad SMARTS) is 1. The van der Waals surface area contributed by atoms with Crippen molar-refractivity contribution in [2.45, 2.75) is 31.5 Å². The number of carbonyl (C=O) groups is 2. The number of para-hydroxylation sites is 1. The van der Waals surface area contributed by atoms with Gasteiger partial charge in [-0.05, 0) is 41.3 Å². The Morgan fingerprint density at radius 3 is 2.43 bits per heavy atom. The molecule has 0 bridgehead atoms. The molecule has 0 saturated carbocycles. The number of aliphatic carboxylic acids is 1. The summed E-state index contributed by atoms with van der Waals surface area (Å²) in [6.45, 7) is 0.922. The number of hydrogen-bond donors (Lipinski definition) is 3. The van der Waals surface area contributed by atoms with Crippen molar-refractivity contribution in [3.8, 4) is 28.1 Å². The zero-order chi connectivity index (χ0) is 25.8. The first kappa shape index (κ1) is 24.3. The van der Waals surface area contributed by atoms with E-state index in [0.717, 1.165) is 33.7 Å². The van der Waals surface area contributed by atoms with Gasteiger partial charge in [0.25, 0.3) is 5.91 Å². The number of hydrogen-bond acceptors (Lipinski definition) is 5. The normalized spacial score (nSPS) is 13.9. The number of fused-ring (bicyclic) bond motifs is 3. The summed E-state index contributed by atoms with van der Waals surface area (Å²) in [6.07, 6.45) is -1.38. The van der Waals surface area contributed by atoms with Crippen LogP contribution in [0.2, 0.25) is 0 Å². The quantitative estimate of drug-likeness (QED) is 0.341. The van der Waals surface area contributed by atoms with Crippen LogP contribution in [0.5, 0.6) is 5.75 Å². The molecule has 4 aromatic rings. The third-order valence-electron chi connectivity index (χ3n) is 6.41. The molecule has 1 aromatic heterocycles. The Balaban J connectivity index is 1.35. The molecule has 2 atom stereocenters. The predicted molar refractivity (Wildman–Crippen MR) is 138 cm³/mol. The summed E-state index contributed by atoms with van der Waals surface area (Å²) < 4.78 is 7.52. The smallest absolute Gasteiger partial charge is 0.332 e. The minimum Gasteiger partial charge on any atom is -0.491 e. The van der Waals surface area contributed by atoms with Gasteiger partial charge in [0, 0.05) is 18.0 Å². The summed E-state index contributed by atoms with van der Waals surface area (Å²) in [6, 6.07) is 26.5. The molecule has 0 aliphatic carbocycles. The molecule has 3 aromatic carbocycles. The van der Waals surface area contributed by atoms with Gasteiger partial charge in [0.05, 0.1) is 12.2 Å². The average Bonchev–Trinajstić information content (AvgIpc) is 3.26. The highest BCUT2D eigenvalue weighted by molar-refractivity contribution is 5.94. The lowest BCUT2D eigenvalue weighted by Crippen LogP contribution is -2.40. The van der Waals surface area contributed by atoms with Crippen molar-refractivity contribution in [1.29, 1.82) is 0 Å². The van der Waals surface area contributed by atoms with Gasteiger partial charge in [-0.3, -0.25) is 9.48 Å². The second-order valence-electron chi connectivity index (χ2n) is 9.01. The van der Waals surface area contributed by atoms with Crippen LogP contribution in [-0.4, -0.2) is 50.6 Å². The summed E-state index contributed by atoms with van der Waals surface area (Å²) in [5.74, 6) is -1.03. The molecular formula is C29H27N3O5. The molecule has 0 saturated heterocycles. The third-order valence-corrected chi connectivity index (χ3v) is 6.41. The van der Waals surface area contributed by atoms with Gasteiger partial charge >= 0.3 is 5.97 Å². The van der Waals surface area contributed by atoms with Gasteiger partial charge in [-0.1, -0.05) is 66.7 Å². The fourth-order valence-corrected chi connectivity index (χ4v) is 4.53. The van der Waals surface area contributed by atoms with Gasteiger partial charge in [-0.15, -0.1) is 0 Å². The van der Waals surface area contributed by atoms with Crippen molar-refractivity contribution in [2.24, 2.45) is 0 Å². The highest BCUT2D eigenvalue weighted by Gasteiger charge is 2.25. The number of amides is 1. The van der Waals surface area contributed by atoms with Crippen molar-refractivity contribution in [1.82, 2.24) is 15.1 Å². The number of aromatic nitrogens is 2. The molecule has 1 aliphatic rings. The zero-order valence-corrected chi connectivity index (χ0v) is 20.1. The van der Waals surface area contributed by atoms with Crippen molar-refractivity contribution < 1.29 is 24.5 Å². The monoisotopic (exact) mass is 497 g/mol. The van der Waals surface area contributed by atoms with E-state index in [-0.39, 0.29) is 12.1 Å². The van der Waals surface area contributed by atoms with E-state index in [1.54, 1.807) is 10.7 Å². The van der Waals surface area contributed by atoms with Crippen LogP contribution in [-0.2, 0) is 17.8 Å². The number of nitrogens with zero attached hydrogens (tertiary/aromatic N) is 2. The second kappa shape index (κ2) is 10.7. The SMILES string of the molecule is O=C(NC(Cc1ccc(-c2ccccc2)cc1)CC(O)C(=O)O)c1cc2n(n1)CCOc1ccccc1-2. The van der Waals surface area contributed by atoms with Gasteiger partial charge in [0.1, 0.15) is 12.4 Å². The average molecular weight is 498 g/mol. The Morgan fingerprint density at radius 1 is 0.973 bits per heavy atom. The number of carbonyl (C=O) groups excluding carboxylic acids is 1. The van der Waals surface area contributed by atoms with Crippen molar-refractivity contribution >= 4 is 11.9 Å². The maximum atomic E-state index is 13.2. The van der Waals surface area contributed by atoms with Gasteiger partial charge in [-0.25, -0.2) is 4.79 Å². The third kappa shape index (κ3) is 5.54. The number of benzene rings is 3. The van der Waals surface area contributed by atoms with Crippen molar-refractivity contribution in [2.75, 3.05) is 6.61 Å². The molecule has 1 aliphatic heterocycles. The first-order valence-electron chi connectivity index (χ1n) is 12.1. The van der Waals surface area contributed by atoms with Crippen LogP contribution in [0.4, 0.5) is 0 Å². The summed E-state index contributed by atoms with van der Waals surface area (Å²) in [5, 5.41) is 26.7. The molecule has 2 heterocycles. The van der Waals surface area contributed by atoms with Crippen LogP contribution >= 0.6 is 0 Å². The van der Waals surface area contributed by atoms with Crippen LogP contribution in [0.3, 0.4) is 0 Å². The Kier molecular flexibility index (Phi) is 7.00. The van der Waals surface area contributed by atoms with E-state index in [1.165, 1.54) is 0 Å². The molecule has 8 heteroatoms. The van der Waals surface area contributed by atoms with E-state index in [9.17, 15) is 19.8 Å². The van der Waals surface area contributed by atoms with E-state index in [0.29, 0.717) is 19.6 Å². The molecule has 8 nitrogen and oxygen atoms in total. The van der Waals surface area contributed by atoms with E-state index >= 15 is 0 Å². The molecule has 5 rings (SSSR count). The van der Waals surface area contributed by atoms with Crippen LogP contribution < -0.4 is 10.1 Å². The van der Waals surface area contributed by atoms with Crippen molar-refractivity contribution in [3.05, 3.63) is 96.2 Å². The summed E-state index contributed by atoms with van der Waals surface area (Å²) in [4.78, 5) is 24.5. The predicted octanol–water partition coefficient (Wildman–Crippen LogP) is 3.79. The number of aliphatic hydroxyl groups excluding tert-OH is 1. The largest absolute Gasteiger partial charge is 0.491 e. The number of ether oxygens (including phenoxy) is 1. The summed E-state index contributed by atoms with van der Waals surface area (Å²) in [7, 11) is 0. The Hall–Kier alpha value is -4.43. The van der Waals surface area contributed by atoms with Gasteiger partial charge < -0.3 is 20.3 Å². The lowest BCUT2D eigenvalue weighted by Gasteiger charge is -2.20. The minimum absolute atomic E-state index is 0.133. The minimum atomic E-state index is -1.60. The molecule has 1 amide bonds. The van der Waals surface area contributed by atoms with E-state index in [4.69, 9.17) is 4.74 Å². The highest BCUT2D eigenvalue weighted by Crippen LogP contribution is 2.32. The molecule has 0 spiro atoms. The molecule has 0 radical (unpaired) electrons. The van der Waals surface area contributed by atoms with Gasteiger partial charge in [0.15, 0.2) is 11.8 Å². The Labute approximate surface area is 214 Å². The van der Waals surface area contributed by atoms with Crippen LogP contribution in [0.25, 0.3) is 22.4 Å². The highest BCUT2D eigenvalue weighted by atomic mass is 16.5. The van der Waals surface area contributed by atoms with Crippen LogP contribution in [0, 0.1) is 0 Å². The Morgan fingerprint density at radius 2 is 1.68 bits per heavy atom. The standard InChI is InChI=1S/C29H27N3O5/c33-26(29(35)36)17-22(16-19-10-12-21(13-11-19)20-6-2-1-3-7-20)30-28(34)24-18-25-23-8-4-5-9-27(23)37-15-14-32(25)31-24/h1-13,18,22,26,33H,14-17H2,(H,30,34)(H,35,36). The van der Waals surface area contributed by atoms with E-state index < -0.39 is 24.0 Å².